The molecule has 2 N–H and O–H groups in total. The molecule has 2 aromatic heterocycles. The first-order valence-corrected chi connectivity index (χ1v) is 7.94. The van der Waals surface area contributed by atoms with E-state index < -0.39 is 0 Å². The number of benzene rings is 1. The molecule has 0 aliphatic heterocycles. The molecule has 1 aromatic carbocycles. The number of hydrogen-bond donors (Lipinski definition) is 2. The second-order valence-corrected chi connectivity index (χ2v) is 6.23. The van der Waals surface area contributed by atoms with Gasteiger partial charge in [-0.1, -0.05) is 0 Å². The van der Waals surface area contributed by atoms with Crippen molar-refractivity contribution in [2.45, 2.75) is 38.3 Å². The van der Waals surface area contributed by atoms with Gasteiger partial charge in [0.2, 0.25) is 0 Å². The van der Waals surface area contributed by atoms with E-state index in [-0.39, 0.29) is 18.0 Å². The van der Waals surface area contributed by atoms with Crippen molar-refractivity contribution in [3.05, 3.63) is 48.2 Å². The van der Waals surface area contributed by atoms with Crippen molar-refractivity contribution in [2.75, 3.05) is 0 Å². The van der Waals surface area contributed by atoms with Crippen molar-refractivity contribution in [1.29, 1.82) is 0 Å². The molecule has 118 valence electrons. The number of carbonyl (C=O) groups excluding carboxylic acids is 1. The zero-order valence-corrected chi connectivity index (χ0v) is 13.0. The molecule has 4 rings (SSSR count). The van der Waals surface area contributed by atoms with Crippen LogP contribution in [0.25, 0.3) is 10.9 Å². The molecule has 0 spiro atoms. The highest BCUT2D eigenvalue weighted by Gasteiger charge is 2.30. The Morgan fingerprint density at radius 2 is 2.30 bits per heavy atom. The Morgan fingerprint density at radius 3 is 3.13 bits per heavy atom. The molecule has 2 atom stereocenters. The van der Waals surface area contributed by atoms with Crippen LogP contribution < -0.4 is 5.32 Å². The molecule has 6 heteroatoms. The Balaban J connectivity index is 1.60. The number of H-pyrrole nitrogens is 1. The SMILES string of the molecule is Cc1cc(C(=O)N[C@@H]2CCC[C@@H]2n2ccnc2)c2[nH]ncc2c1. The van der Waals surface area contributed by atoms with Gasteiger partial charge in [0.15, 0.2) is 0 Å². The van der Waals surface area contributed by atoms with Crippen LogP contribution in [0.4, 0.5) is 0 Å². The lowest BCUT2D eigenvalue weighted by molar-refractivity contribution is 0.0930. The number of aryl methyl sites for hydroxylation is 1. The average Bonchev–Trinajstić information content (AvgIpc) is 3.26. The van der Waals surface area contributed by atoms with E-state index in [9.17, 15) is 4.79 Å². The van der Waals surface area contributed by atoms with Gasteiger partial charge in [-0.25, -0.2) is 4.98 Å². The molecular weight excluding hydrogens is 290 g/mol. The van der Waals surface area contributed by atoms with Crippen LogP contribution in [-0.2, 0) is 0 Å². The van der Waals surface area contributed by atoms with Gasteiger partial charge in [0.05, 0.1) is 29.6 Å². The van der Waals surface area contributed by atoms with Gasteiger partial charge in [-0.2, -0.15) is 5.10 Å². The third kappa shape index (κ3) is 2.50. The zero-order chi connectivity index (χ0) is 15.8. The summed E-state index contributed by atoms with van der Waals surface area (Å²) in [6, 6.07) is 4.36. The van der Waals surface area contributed by atoms with Gasteiger partial charge >= 0.3 is 0 Å². The number of aromatic amines is 1. The highest BCUT2D eigenvalue weighted by atomic mass is 16.1. The molecule has 1 aliphatic rings. The van der Waals surface area contributed by atoms with E-state index in [0.29, 0.717) is 5.56 Å². The topological polar surface area (TPSA) is 75.6 Å². The Kier molecular flexibility index (Phi) is 3.37. The van der Waals surface area contributed by atoms with E-state index in [1.54, 1.807) is 12.4 Å². The predicted molar refractivity (Wildman–Crippen MR) is 87.2 cm³/mol. The summed E-state index contributed by atoms with van der Waals surface area (Å²) < 4.78 is 2.10. The van der Waals surface area contributed by atoms with Gasteiger partial charge < -0.3 is 9.88 Å². The summed E-state index contributed by atoms with van der Waals surface area (Å²) in [5.41, 5.74) is 2.51. The number of fused-ring (bicyclic) bond motifs is 1. The molecule has 1 saturated carbocycles. The summed E-state index contributed by atoms with van der Waals surface area (Å²) in [6.07, 6.45) is 10.5. The van der Waals surface area contributed by atoms with E-state index in [1.165, 1.54) is 0 Å². The van der Waals surface area contributed by atoms with E-state index >= 15 is 0 Å². The van der Waals surface area contributed by atoms with Gasteiger partial charge in [-0.15, -0.1) is 0 Å². The van der Waals surface area contributed by atoms with Gasteiger partial charge in [-0.3, -0.25) is 9.89 Å². The molecule has 0 saturated heterocycles. The minimum Gasteiger partial charge on any atom is -0.347 e. The summed E-state index contributed by atoms with van der Waals surface area (Å²) in [6.45, 7) is 1.99. The summed E-state index contributed by atoms with van der Waals surface area (Å²) in [4.78, 5) is 16.9. The van der Waals surface area contributed by atoms with Crippen molar-refractivity contribution in [3.8, 4) is 0 Å². The normalized spacial score (nSPS) is 20.9. The minimum absolute atomic E-state index is 0.0417. The summed E-state index contributed by atoms with van der Waals surface area (Å²) in [7, 11) is 0. The predicted octanol–water partition coefficient (Wildman–Crippen LogP) is 2.59. The maximum atomic E-state index is 12.8. The summed E-state index contributed by atoms with van der Waals surface area (Å²) >= 11 is 0. The first-order chi connectivity index (χ1) is 11.2. The molecular formula is C17H19N5O. The number of imidazole rings is 1. The zero-order valence-electron chi connectivity index (χ0n) is 13.0. The Morgan fingerprint density at radius 1 is 1.39 bits per heavy atom. The Bertz CT molecular complexity index is 836. The quantitative estimate of drug-likeness (QED) is 0.781. The lowest BCUT2D eigenvalue weighted by Gasteiger charge is -2.22. The fourth-order valence-corrected chi connectivity index (χ4v) is 3.56. The van der Waals surface area contributed by atoms with E-state index in [4.69, 9.17) is 0 Å². The Labute approximate surface area is 133 Å². The average molecular weight is 309 g/mol. The molecule has 23 heavy (non-hydrogen) atoms. The molecule has 0 radical (unpaired) electrons. The molecule has 1 aliphatic carbocycles. The maximum absolute atomic E-state index is 12.8. The fourth-order valence-electron chi connectivity index (χ4n) is 3.56. The van der Waals surface area contributed by atoms with Gasteiger partial charge in [0.25, 0.3) is 5.91 Å². The van der Waals surface area contributed by atoms with Crippen LogP contribution in [-0.4, -0.2) is 31.7 Å². The highest BCUT2D eigenvalue weighted by molar-refractivity contribution is 6.05. The van der Waals surface area contributed by atoms with Gasteiger partial charge in [-0.05, 0) is 43.9 Å². The molecule has 2 heterocycles. The maximum Gasteiger partial charge on any atom is 0.253 e. The third-order valence-corrected chi connectivity index (χ3v) is 4.64. The van der Waals surface area contributed by atoms with Crippen LogP contribution in [0, 0.1) is 6.92 Å². The van der Waals surface area contributed by atoms with Crippen LogP contribution in [0.2, 0.25) is 0 Å². The van der Waals surface area contributed by atoms with Crippen LogP contribution >= 0.6 is 0 Å². The molecule has 0 bridgehead atoms. The van der Waals surface area contributed by atoms with Crippen molar-refractivity contribution in [2.24, 2.45) is 0 Å². The number of aromatic nitrogens is 4. The number of nitrogens with zero attached hydrogens (tertiary/aromatic N) is 3. The van der Waals surface area contributed by atoms with Crippen molar-refractivity contribution < 1.29 is 4.79 Å². The minimum atomic E-state index is -0.0417. The Hall–Kier alpha value is -2.63. The van der Waals surface area contributed by atoms with E-state index in [0.717, 1.165) is 35.7 Å². The number of amides is 1. The lowest BCUT2D eigenvalue weighted by atomic mass is 10.1. The highest BCUT2D eigenvalue weighted by Crippen LogP contribution is 2.30. The molecule has 3 aromatic rings. The molecule has 6 nitrogen and oxygen atoms in total. The van der Waals surface area contributed by atoms with Crippen molar-refractivity contribution in [3.63, 3.8) is 0 Å². The van der Waals surface area contributed by atoms with Crippen LogP contribution in [0.5, 0.6) is 0 Å². The van der Waals surface area contributed by atoms with Crippen LogP contribution in [0.15, 0.2) is 37.1 Å². The van der Waals surface area contributed by atoms with Crippen LogP contribution in [0.1, 0.15) is 41.2 Å². The van der Waals surface area contributed by atoms with Gasteiger partial charge in [0, 0.05) is 23.8 Å². The second-order valence-electron chi connectivity index (χ2n) is 6.23. The first-order valence-electron chi connectivity index (χ1n) is 7.94. The summed E-state index contributed by atoms with van der Waals surface area (Å²) in [5, 5.41) is 11.2. The number of hydrogen-bond acceptors (Lipinski definition) is 3. The monoisotopic (exact) mass is 309 g/mol. The van der Waals surface area contributed by atoms with Crippen LogP contribution in [0.3, 0.4) is 0 Å². The summed E-state index contributed by atoms with van der Waals surface area (Å²) in [5.74, 6) is -0.0417. The first kappa shape index (κ1) is 14.0. The third-order valence-electron chi connectivity index (χ3n) is 4.64. The smallest absolute Gasteiger partial charge is 0.253 e. The molecule has 1 amide bonds. The van der Waals surface area contributed by atoms with E-state index in [1.807, 2.05) is 31.6 Å². The van der Waals surface area contributed by atoms with Crippen molar-refractivity contribution >= 4 is 16.8 Å². The number of nitrogens with one attached hydrogen (secondary N) is 2. The number of carbonyl (C=O) groups is 1. The second kappa shape index (κ2) is 5.53. The van der Waals surface area contributed by atoms with Gasteiger partial charge in [0.1, 0.15) is 0 Å². The molecule has 1 fully saturated rings. The van der Waals surface area contributed by atoms with Crippen molar-refractivity contribution in [1.82, 2.24) is 25.1 Å². The largest absolute Gasteiger partial charge is 0.347 e. The number of rotatable bonds is 3. The lowest BCUT2D eigenvalue weighted by Crippen LogP contribution is -2.38. The molecule has 0 unspecified atom stereocenters. The fraction of sp³-hybridized carbons (Fsp3) is 0.353. The standard InChI is InChI=1S/C17H19N5O/c1-11-7-12-9-19-21-16(12)13(8-11)17(23)20-14-3-2-4-15(14)22-6-5-18-10-22/h5-10,14-15H,2-4H2,1H3,(H,19,21)(H,20,23)/t14-,15+/m1/s1. The van der Waals surface area contributed by atoms with E-state index in [2.05, 4.69) is 25.1 Å².